The Morgan fingerprint density at radius 1 is 1.50 bits per heavy atom. The average molecular weight is 288 g/mol. The summed E-state index contributed by atoms with van der Waals surface area (Å²) in [5.41, 5.74) is 1.19. The standard InChI is InChI=1S/C12H18BrNO2/c1-9(14-7-12(15)8-16-2)10-4-3-5-11(13)6-10/h3-6,9,12,14-15H,7-8H2,1-2H3/t9-,12?/m1/s1. The molecule has 0 radical (unpaired) electrons. The molecule has 3 nitrogen and oxygen atoms in total. The maximum atomic E-state index is 9.50. The van der Waals surface area contributed by atoms with Gasteiger partial charge in [-0.15, -0.1) is 0 Å². The van der Waals surface area contributed by atoms with Crippen LogP contribution in [0.1, 0.15) is 18.5 Å². The van der Waals surface area contributed by atoms with Crippen molar-refractivity contribution in [3.8, 4) is 0 Å². The zero-order valence-corrected chi connectivity index (χ0v) is 11.2. The van der Waals surface area contributed by atoms with Gasteiger partial charge in [0.05, 0.1) is 12.7 Å². The van der Waals surface area contributed by atoms with Crippen LogP contribution in [-0.4, -0.2) is 31.5 Å². The van der Waals surface area contributed by atoms with Crippen LogP contribution >= 0.6 is 15.9 Å². The van der Waals surface area contributed by atoms with Crippen molar-refractivity contribution in [2.45, 2.75) is 19.1 Å². The summed E-state index contributed by atoms with van der Waals surface area (Å²) in [4.78, 5) is 0. The largest absolute Gasteiger partial charge is 0.389 e. The van der Waals surface area contributed by atoms with Crippen LogP contribution in [0.25, 0.3) is 0 Å². The zero-order chi connectivity index (χ0) is 12.0. The molecule has 4 heteroatoms. The van der Waals surface area contributed by atoms with Crippen molar-refractivity contribution in [2.75, 3.05) is 20.3 Å². The van der Waals surface area contributed by atoms with E-state index in [2.05, 4.69) is 40.3 Å². The predicted molar refractivity (Wildman–Crippen MR) is 68.4 cm³/mol. The molecule has 2 N–H and O–H groups in total. The summed E-state index contributed by atoms with van der Waals surface area (Å²) >= 11 is 3.44. The summed E-state index contributed by atoms with van der Waals surface area (Å²) in [6, 6.07) is 8.34. The van der Waals surface area contributed by atoms with Crippen LogP contribution in [0.3, 0.4) is 0 Å². The van der Waals surface area contributed by atoms with Crippen LogP contribution < -0.4 is 5.32 Å². The number of aliphatic hydroxyl groups excluding tert-OH is 1. The number of ether oxygens (including phenoxy) is 1. The molecule has 0 saturated carbocycles. The van der Waals surface area contributed by atoms with E-state index < -0.39 is 6.10 Å². The molecule has 0 heterocycles. The minimum Gasteiger partial charge on any atom is -0.389 e. The first-order valence-corrected chi connectivity index (χ1v) is 6.08. The van der Waals surface area contributed by atoms with E-state index in [1.165, 1.54) is 5.56 Å². The van der Waals surface area contributed by atoms with Gasteiger partial charge in [0, 0.05) is 24.2 Å². The van der Waals surface area contributed by atoms with E-state index in [0.29, 0.717) is 13.2 Å². The summed E-state index contributed by atoms with van der Waals surface area (Å²) in [5.74, 6) is 0. The molecule has 90 valence electrons. The Bertz CT molecular complexity index is 320. The Morgan fingerprint density at radius 2 is 2.25 bits per heavy atom. The first-order valence-electron chi connectivity index (χ1n) is 5.29. The second-order valence-corrected chi connectivity index (χ2v) is 4.71. The predicted octanol–water partition coefficient (Wildman–Crippen LogP) is 2.11. The lowest BCUT2D eigenvalue weighted by atomic mass is 10.1. The van der Waals surface area contributed by atoms with Crippen molar-refractivity contribution < 1.29 is 9.84 Å². The molecule has 0 aliphatic heterocycles. The highest BCUT2D eigenvalue weighted by atomic mass is 79.9. The molecule has 1 aromatic carbocycles. The fraction of sp³-hybridized carbons (Fsp3) is 0.500. The molecule has 1 rings (SSSR count). The smallest absolute Gasteiger partial charge is 0.0897 e. The van der Waals surface area contributed by atoms with Gasteiger partial charge in [0.1, 0.15) is 0 Å². The van der Waals surface area contributed by atoms with Gasteiger partial charge in [-0.25, -0.2) is 0 Å². The van der Waals surface area contributed by atoms with Gasteiger partial charge in [-0.2, -0.15) is 0 Å². The molecule has 1 unspecified atom stereocenters. The Kier molecular flexibility index (Phi) is 5.98. The lowest BCUT2D eigenvalue weighted by Crippen LogP contribution is -2.31. The van der Waals surface area contributed by atoms with E-state index in [9.17, 15) is 5.11 Å². The van der Waals surface area contributed by atoms with E-state index in [0.717, 1.165) is 4.47 Å². The topological polar surface area (TPSA) is 41.5 Å². The minimum absolute atomic E-state index is 0.212. The number of methoxy groups -OCH3 is 1. The zero-order valence-electron chi connectivity index (χ0n) is 9.61. The monoisotopic (exact) mass is 287 g/mol. The van der Waals surface area contributed by atoms with Gasteiger partial charge in [0.2, 0.25) is 0 Å². The number of aliphatic hydroxyl groups is 1. The highest BCUT2D eigenvalue weighted by Crippen LogP contribution is 2.17. The van der Waals surface area contributed by atoms with Crippen LogP contribution in [0.4, 0.5) is 0 Å². The van der Waals surface area contributed by atoms with Crippen molar-refractivity contribution in [1.29, 1.82) is 0 Å². The van der Waals surface area contributed by atoms with Gasteiger partial charge < -0.3 is 15.2 Å². The molecule has 0 aromatic heterocycles. The molecule has 0 aliphatic carbocycles. The van der Waals surface area contributed by atoms with Gasteiger partial charge in [-0.3, -0.25) is 0 Å². The molecule has 0 amide bonds. The molecule has 2 atom stereocenters. The molecule has 1 aromatic rings. The van der Waals surface area contributed by atoms with E-state index >= 15 is 0 Å². The van der Waals surface area contributed by atoms with Crippen molar-refractivity contribution in [3.05, 3.63) is 34.3 Å². The van der Waals surface area contributed by atoms with Crippen molar-refractivity contribution in [3.63, 3.8) is 0 Å². The fourth-order valence-corrected chi connectivity index (χ4v) is 1.87. The number of halogens is 1. The van der Waals surface area contributed by atoms with Crippen LogP contribution in [0.2, 0.25) is 0 Å². The maximum Gasteiger partial charge on any atom is 0.0897 e. The number of hydrogen-bond donors (Lipinski definition) is 2. The van der Waals surface area contributed by atoms with Gasteiger partial charge in [0.25, 0.3) is 0 Å². The summed E-state index contributed by atoms with van der Waals surface area (Å²) in [5, 5.41) is 12.8. The molecule has 0 fully saturated rings. The van der Waals surface area contributed by atoms with E-state index in [-0.39, 0.29) is 6.04 Å². The van der Waals surface area contributed by atoms with Crippen LogP contribution in [0.15, 0.2) is 28.7 Å². The Hall–Kier alpha value is -0.420. The molecule has 0 spiro atoms. The Labute approximate surface area is 105 Å². The lowest BCUT2D eigenvalue weighted by molar-refractivity contribution is 0.0630. The molecule has 0 saturated heterocycles. The average Bonchev–Trinajstić information content (AvgIpc) is 2.26. The van der Waals surface area contributed by atoms with E-state index in [1.54, 1.807) is 7.11 Å². The lowest BCUT2D eigenvalue weighted by Gasteiger charge is -2.17. The number of rotatable bonds is 6. The third kappa shape index (κ3) is 4.61. The summed E-state index contributed by atoms with van der Waals surface area (Å²) in [7, 11) is 1.58. The van der Waals surface area contributed by atoms with Gasteiger partial charge >= 0.3 is 0 Å². The number of nitrogens with one attached hydrogen (secondary N) is 1. The molecule has 0 bridgehead atoms. The van der Waals surface area contributed by atoms with E-state index in [4.69, 9.17) is 4.74 Å². The third-order valence-corrected chi connectivity index (χ3v) is 2.86. The first-order chi connectivity index (χ1) is 7.63. The van der Waals surface area contributed by atoms with Crippen molar-refractivity contribution in [2.24, 2.45) is 0 Å². The van der Waals surface area contributed by atoms with Crippen molar-refractivity contribution >= 4 is 15.9 Å². The van der Waals surface area contributed by atoms with Crippen LogP contribution in [-0.2, 0) is 4.74 Å². The Balaban J connectivity index is 2.43. The second kappa shape index (κ2) is 7.01. The second-order valence-electron chi connectivity index (χ2n) is 3.79. The highest BCUT2D eigenvalue weighted by molar-refractivity contribution is 9.10. The number of hydrogen-bond acceptors (Lipinski definition) is 3. The SMILES string of the molecule is COCC(O)CN[C@H](C)c1cccc(Br)c1. The van der Waals surface area contributed by atoms with Gasteiger partial charge in [0.15, 0.2) is 0 Å². The first kappa shape index (κ1) is 13.6. The van der Waals surface area contributed by atoms with E-state index in [1.807, 2.05) is 12.1 Å². The minimum atomic E-state index is -0.459. The summed E-state index contributed by atoms with van der Waals surface area (Å²) in [6.45, 7) is 2.96. The summed E-state index contributed by atoms with van der Waals surface area (Å²) < 4.78 is 5.93. The fourth-order valence-electron chi connectivity index (χ4n) is 1.46. The quantitative estimate of drug-likeness (QED) is 0.842. The highest BCUT2D eigenvalue weighted by Gasteiger charge is 2.08. The normalized spacial score (nSPS) is 14.8. The van der Waals surface area contributed by atoms with Crippen molar-refractivity contribution in [1.82, 2.24) is 5.32 Å². The van der Waals surface area contributed by atoms with Crippen LogP contribution in [0.5, 0.6) is 0 Å². The number of benzene rings is 1. The Morgan fingerprint density at radius 3 is 2.88 bits per heavy atom. The van der Waals surface area contributed by atoms with Crippen LogP contribution in [0, 0.1) is 0 Å². The molecular formula is C12H18BrNO2. The maximum absolute atomic E-state index is 9.50. The summed E-state index contributed by atoms with van der Waals surface area (Å²) in [6.07, 6.45) is -0.459. The van der Waals surface area contributed by atoms with Gasteiger partial charge in [-0.05, 0) is 24.6 Å². The molecular weight excluding hydrogens is 270 g/mol. The molecule has 16 heavy (non-hydrogen) atoms. The van der Waals surface area contributed by atoms with Gasteiger partial charge in [-0.1, -0.05) is 28.1 Å². The molecule has 0 aliphatic rings. The third-order valence-electron chi connectivity index (χ3n) is 2.37.